The Kier molecular flexibility index (Phi) is 11.3. The first-order valence-corrected chi connectivity index (χ1v) is 15.9. The van der Waals surface area contributed by atoms with Crippen molar-refractivity contribution in [1.29, 1.82) is 0 Å². The molecule has 3 aromatic rings. The van der Waals surface area contributed by atoms with Crippen LogP contribution in [0.1, 0.15) is 60.1 Å². The van der Waals surface area contributed by atoms with Crippen molar-refractivity contribution in [3.63, 3.8) is 0 Å². The molecular formula is C33H42F3N5O5. The van der Waals surface area contributed by atoms with Gasteiger partial charge in [-0.05, 0) is 74.4 Å². The van der Waals surface area contributed by atoms with Gasteiger partial charge in [-0.1, -0.05) is 12.1 Å². The van der Waals surface area contributed by atoms with Crippen molar-refractivity contribution in [2.45, 2.75) is 51.4 Å². The van der Waals surface area contributed by atoms with Crippen LogP contribution in [0.15, 0.2) is 42.5 Å². The molecule has 0 spiro atoms. The van der Waals surface area contributed by atoms with Crippen LogP contribution in [0.4, 0.5) is 19.1 Å². The van der Waals surface area contributed by atoms with Crippen molar-refractivity contribution >= 4 is 28.9 Å². The number of carbonyl (C=O) groups excluding carboxylic acids is 2. The van der Waals surface area contributed by atoms with Gasteiger partial charge in [0.15, 0.2) is 0 Å². The summed E-state index contributed by atoms with van der Waals surface area (Å²) in [4.78, 5) is 34.1. The molecule has 2 aliphatic rings. The summed E-state index contributed by atoms with van der Waals surface area (Å²) in [5, 5.41) is 12.4. The summed E-state index contributed by atoms with van der Waals surface area (Å²) in [5.74, 6) is -0.469. The van der Waals surface area contributed by atoms with Crippen LogP contribution in [0.5, 0.6) is 0 Å². The number of alkyl halides is 3. The smallest absolute Gasteiger partial charge is 0.416 e. The summed E-state index contributed by atoms with van der Waals surface area (Å²) in [7, 11) is 0. The molecule has 1 saturated heterocycles. The van der Waals surface area contributed by atoms with Crippen molar-refractivity contribution in [2.75, 3.05) is 64.5 Å². The van der Waals surface area contributed by atoms with E-state index in [1.807, 2.05) is 16.7 Å². The second kappa shape index (κ2) is 15.4. The number of hydrogen-bond donors (Lipinski definition) is 2. The van der Waals surface area contributed by atoms with E-state index in [2.05, 4.69) is 21.2 Å². The lowest BCUT2D eigenvalue weighted by Crippen LogP contribution is -2.46. The van der Waals surface area contributed by atoms with Gasteiger partial charge in [-0.3, -0.25) is 19.9 Å². The van der Waals surface area contributed by atoms with Gasteiger partial charge in [0.05, 0.1) is 29.8 Å². The number of esters is 1. The summed E-state index contributed by atoms with van der Waals surface area (Å²) in [6.07, 6.45) is -1.30. The summed E-state index contributed by atoms with van der Waals surface area (Å²) in [6.45, 7) is 7.63. The highest BCUT2D eigenvalue weighted by Gasteiger charge is 2.31. The summed E-state index contributed by atoms with van der Waals surface area (Å²) < 4.78 is 52.2. The van der Waals surface area contributed by atoms with Crippen LogP contribution in [0.2, 0.25) is 0 Å². The number of aliphatic hydroxyl groups is 1. The van der Waals surface area contributed by atoms with E-state index in [1.54, 1.807) is 6.92 Å². The number of ether oxygens (including phenoxy) is 2. The number of hydrogen-bond acceptors (Lipinski definition) is 8. The minimum Gasteiger partial charge on any atom is -0.464 e. The Morgan fingerprint density at radius 3 is 2.46 bits per heavy atom. The lowest BCUT2D eigenvalue weighted by atomic mass is 9.86. The predicted molar refractivity (Wildman–Crippen MR) is 166 cm³/mol. The number of anilines is 1. The molecule has 1 aromatic heterocycles. The average molecular weight is 646 g/mol. The van der Waals surface area contributed by atoms with Crippen LogP contribution in [0.25, 0.3) is 11.0 Å². The van der Waals surface area contributed by atoms with Crippen molar-refractivity contribution in [2.24, 2.45) is 5.92 Å². The minimum atomic E-state index is -4.56. The molecule has 2 fully saturated rings. The molecule has 5 rings (SSSR count). The van der Waals surface area contributed by atoms with E-state index in [4.69, 9.17) is 14.5 Å². The number of amides is 1. The third-order valence-electron chi connectivity index (χ3n) is 8.82. The minimum absolute atomic E-state index is 0.0322. The van der Waals surface area contributed by atoms with Gasteiger partial charge in [-0.15, -0.1) is 0 Å². The Hall–Kier alpha value is -3.52. The van der Waals surface area contributed by atoms with Crippen LogP contribution in [0.3, 0.4) is 0 Å². The quantitative estimate of drug-likeness (QED) is 0.215. The number of aromatic nitrogens is 2. The number of rotatable bonds is 12. The number of piperazine rings is 1. The number of imidazole rings is 1. The third-order valence-corrected chi connectivity index (χ3v) is 8.82. The SMILES string of the molecule is CCOC(=O)COCCN1CCN(Cc2ccc3c(c2)nc(NC(=O)c2cccc(C(F)(F)F)c2)n3C2CCC(CO)CC2)CC1. The zero-order valence-corrected chi connectivity index (χ0v) is 26.1. The van der Waals surface area contributed by atoms with E-state index in [-0.39, 0.29) is 36.7 Å². The van der Waals surface area contributed by atoms with E-state index in [0.717, 1.165) is 88.2 Å². The highest BCUT2D eigenvalue weighted by Crippen LogP contribution is 2.37. The molecule has 1 aliphatic carbocycles. The maximum Gasteiger partial charge on any atom is 0.416 e. The Labute approximate surface area is 266 Å². The van der Waals surface area contributed by atoms with Gasteiger partial charge in [-0.2, -0.15) is 13.2 Å². The van der Waals surface area contributed by atoms with Crippen LogP contribution >= 0.6 is 0 Å². The Morgan fingerprint density at radius 1 is 1.02 bits per heavy atom. The number of fused-ring (bicyclic) bond motifs is 1. The van der Waals surface area contributed by atoms with Gasteiger partial charge < -0.3 is 19.1 Å². The van der Waals surface area contributed by atoms with Crippen molar-refractivity contribution in [3.05, 3.63) is 59.2 Å². The first-order chi connectivity index (χ1) is 22.1. The van der Waals surface area contributed by atoms with E-state index in [0.29, 0.717) is 24.7 Å². The molecule has 13 heteroatoms. The fraction of sp³-hybridized carbons (Fsp3) is 0.545. The molecule has 1 aliphatic heterocycles. The summed E-state index contributed by atoms with van der Waals surface area (Å²) >= 11 is 0. The van der Waals surface area contributed by atoms with Gasteiger partial charge in [0.2, 0.25) is 5.95 Å². The zero-order valence-electron chi connectivity index (χ0n) is 26.1. The Bertz CT molecular complexity index is 1480. The number of halogens is 3. The van der Waals surface area contributed by atoms with Crippen LogP contribution < -0.4 is 5.32 Å². The number of nitrogens with zero attached hydrogens (tertiary/aromatic N) is 4. The molecule has 1 saturated carbocycles. The molecule has 10 nitrogen and oxygen atoms in total. The lowest BCUT2D eigenvalue weighted by molar-refractivity contribution is -0.148. The molecule has 0 bridgehead atoms. The monoisotopic (exact) mass is 645 g/mol. The van der Waals surface area contributed by atoms with Gasteiger partial charge >= 0.3 is 12.1 Å². The topological polar surface area (TPSA) is 109 Å². The molecule has 0 atom stereocenters. The van der Waals surface area contributed by atoms with Crippen LogP contribution in [0, 0.1) is 5.92 Å². The molecule has 2 heterocycles. The fourth-order valence-corrected chi connectivity index (χ4v) is 6.28. The highest BCUT2D eigenvalue weighted by molar-refractivity contribution is 6.04. The normalized spacial score (nSPS) is 19.8. The van der Waals surface area contributed by atoms with Crippen molar-refractivity contribution in [1.82, 2.24) is 19.4 Å². The van der Waals surface area contributed by atoms with Gasteiger partial charge in [-0.25, -0.2) is 9.78 Å². The second-order valence-corrected chi connectivity index (χ2v) is 12.0. The molecule has 46 heavy (non-hydrogen) atoms. The standard InChI is InChI=1S/C33H42F3N5O5/c1-2-46-30(43)22-45-17-16-39-12-14-40(15-13-39)20-24-8-11-29-28(18-24)37-32(41(29)27-9-6-23(21-42)7-10-27)38-31(44)25-4-3-5-26(19-25)33(34,35)36/h3-5,8,11,18-19,23,27,42H,2,6-7,9-10,12-17,20-22H2,1H3,(H,37,38,44). The maximum atomic E-state index is 13.3. The summed E-state index contributed by atoms with van der Waals surface area (Å²) in [5.41, 5.74) is 1.65. The molecule has 0 unspecified atom stereocenters. The molecule has 0 radical (unpaired) electrons. The van der Waals surface area contributed by atoms with E-state index < -0.39 is 17.6 Å². The van der Waals surface area contributed by atoms with Crippen molar-refractivity contribution in [3.8, 4) is 0 Å². The number of aliphatic hydroxyl groups excluding tert-OH is 1. The Morgan fingerprint density at radius 2 is 1.76 bits per heavy atom. The maximum absolute atomic E-state index is 13.3. The zero-order chi connectivity index (χ0) is 32.7. The van der Waals surface area contributed by atoms with E-state index in [9.17, 15) is 27.9 Å². The van der Waals surface area contributed by atoms with Gasteiger partial charge in [0.25, 0.3) is 5.91 Å². The molecule has 2 aromatic carbocycles. The molecule has 2 N–H and O–H groups in total. The molecule has 1 amide bonds. The third kappa shape index (κ3) is 8.64. The second-order valence-electron chi connectivity index (χ2n) is 12.0. The summed E-state index contributed by atoms with van der Waals surface area (Å²) in [6, 6.07) is 10.5. The lowest BCUT2D eigenvalue weighted by Gasteiger charge is -2.34. The first-order valence-electron chi connectivity index (χ1n) is 15.9. The number of benzene rings is 2. The van der Waals surface area contributed by atoms with Crippen molar-refractivity contribution < 1.29 is 37.3 Å². The number of carbonyl (C=O) groups is 2. The number of nitrogens with one attached hydrogen (secondary N) is 1. The Balaban J connectivity index is 1.27. The van der Waals surface area contributed by atoms with Crippen LogP contribution in [-0.4, -0.2) is 95.5 Å². The predicted octanol–water partition coefficient (Wildman–Crippen LogP) is 4.73. The van der Waals surface area contributed by atoms with E-state index in [1.165, 1.54) is 12.1 Å². The van der Waals surface area contributed by atoms with Gasteiger partial charge in [0, 0.05) is 57.5 Å². The fourth-order valence-electron chi connectivity index (χ4n) is 6.28. The first kappa shape index (κ1) is 33.8. The van der Waals surface area contributed by atoms with Crippen LogP contribution in [-0.2, 0) is 27.0 Å². The molecule has 250 valence electrons. The van der Waals surface area contributed by atoms with Gasteiger partial charge in [0.1, 0.15) is 6.61 Å². The highest BCUT2D eigenvalue weighted by atomic mass is 19.4. The largest absolute Gasteiger partial charge is 0.464 e. The molecular weight excluding hydrogens is 603 g/mol. The van der Waals surface area contributed by atoms with E-state index >= 15 is 0 Å². The average Bonchev–Trinajstić information content (AvgIpc) is 3.40.